The van der Waals surface area contributed by atoms with Crippen molar-refractivity contribution in [1.29, 1.82) is 0 Å². The van der Waals surface area contributed by atoms with Crippen molar-refractivity contribution >= 4 is 23.1 Å². The number of rotatable bonds is 5. The van der Waals surface area contributed by atoms with Gasteiger partial charge in [-0.25, -0.2) is 0 Å². The Bertz CT molecular complexity index is 296. The molecule has 0 saturated heterocycles. The fraction of sp³-hybridized carbons (Fsp3) is 0.556. The van der Waals surface area contributed by atoms with Gasteiger partial charge in [0.15, 0.2) is 0 Å². The van der Waals surface area contributed by atoms with Gasteiger partial charge in [0.1, 0.15) is 0 Å². The number of halogens is 3. The van der Waals surface area contributed by atoms with E-state index in [1.165, 1.54) is 10.4 Å². The molecule has 0 aromatic carbocycles. The SMILES string of the molecule is Cc1ccsc1CNCCSC(F)(F)F. The average molecular weight is 255 g/mol. The van der Waals surface area contributed by atoms with E-state index in [2.05, 4.69) is 5.32 Å². The largest absolute Gasteiger partial charge is 0.441 e. The maximum absolute atomic E-state index is 11.8. The van der Waals surface area contributed by atoms with Gasteiger partial charge < -0.3 is 5.32 Å². The number of thioether (sulfide) groups is 1. The molecule has 1 aromatic heterocycles. The zero-order valence-electron chi connectivity index (χ0n) is 8.23. The Kier molecular flexibility index (Phi) is 4.95. The molecule has 6 heteroatoms. The Morgan fingerprint density at radius 1 is 1.47 bits per heavy atom. The van der Waals surface area contributed by atoms with E-state index in [1.807, 2.05) is 18.4 Å². The molecular formula is C9H12F3NS2. The third-order valence-electron chi connectivity index (χ3n) is 1.80. The van der Waals surface area contributed by atoms with Crippen molar-refractivity contribution in [3.8, 4) is 0 Å². The molecule has 0 saturated carbocycles. The lowest BCUT2D eigenvalue weighted by molar-refractivity contribution is -0.0327. The highest BCUT2D eigenvalue weighted by molar-refractivity contribution is 8.00. The van der Waals surface area contributed by atoms with Crippen molar-refractivity contribution < 1.29 is 13.2 Å². The van der Waals surface area contributed by atoms with Gasteiger partial charge in [-0.1, -0.05) is 0 Å². The molecule has 15 heavy (non-hydrogen) atoms. The van der Waals surface area contributed by atoms with Gasteiger partial charge in [-0.15, -0.1) is 11.3 Å². The lowest BCUT2D eigenvalue weighted by Crippen LogP contribution is -2.18. The van der Waals surface area contributed by atoms with E-state index >= 15 is 0 Å². The number of hydrogen-bond donors (Lipinski definition) is 1. The van der Waals surface area contributed by atoms with Crippen molar-refractivity contribution in [2.45, 2.75) is 19.0 Å². The van der Waals surface area contributed by atoms with Gasteiger partial charge in [-0.05, 0) is 35.7 Å². The molecule has 0 amide bonds. The van der Waals surface area contributed by atoms with Gasteiger partial charge >= 0.3 is 5.51 Å². The third kappa shape index (κ3) is 5.44. The van der Waals surface area contributed by atoms with E-state index in [1.54, 1.807) is 11.3 Å². The quantitative estimate of drug-likeness (QED) is 0.809. The third-order valence-corrected chi connectivity index (χ3v) is 3.56. The van der Waals surface area contributed by atoms with E-state index in [0.717, 1.165) is 0 Å². The van der Waals surface area contributed by atoms with Crippen molar-refractivity contribution in [3.05, 3.63) is 21.9 Å². The van der Waals surface area contributed by atoms with Crippen LogP contribution < -0.4 is 5.32 Å². The van der Waals surface area contributed by atoms with Crippen LogP contribution in [0.3, 0.4) is 0 Å². The minimum Gasteiger partial charge on any atom is -0.311 e. The molecule has 1 aromatic rings. The second kappa shape index (κ2) is 5.77. The first-order valence-electron chi connectivity index (χ1n) is 4.43. The Hall–Kier alpha value is -0.200. The van der Waals surface area contributed by atoms with Gasteiger partial charge in [0, 0.05) is 23.7 Å². The molecular weight excluding hydrogens is 243 g/mol. The fourth-order valence-corrected chi connectivity index (χ4v) is 2.38. The highest BCUT2D eigenvalue weighted by Crippen LogP contribution is 2.29. The molecule has 0 aliphatic heterocycles. The van der Waals surface area contributed by atoms with Crippen molar-refractivity contribution in [2.75, 3.05) is 12.3 Å². The Balaban J connectivity index is 2.10. The predicted molar refractivity (Wildman–Crippen MR) is 59.3 cm³/mol. The van der Waals surface area contributed by atoms with Crippen molar-refractivity contribution in [1.82, 2.24) is 5.32 Å². The second-order valence-corrected chi connectivity index (χ2v) is 5.16. The number of aryl methyl sites for hydroxylation is 1. The first kappa shape index (κ1) is 12.9. The molecule has 0 radical (unpaired) electrons. The fourth-order valence-electron chi connectivity index (χ4n) is 1.03. The van der Waals surface area contributed by atoms with E-state index in [-0.39, 0.29) is 17.5 Å². The van der Waals surface area contributed by atoms with Crippen LogP contribution in [0.2, 0.25) is 0 Å². The normalized spacial score (nSPS) is 12.0. The number of hydrogen-bond acceptors (Lipinski definition) is 3. The summed E-state index contributed by atoms with van der Waals surface area (Å²) in [7, 11) is 0. The van der Waals surface area contributed by atoms with Crippen LogP contribution in [0.15, 0.2) is 11.4 Å². The van der Waals surface area contributed by atoms with Gasteiger partial charge in [0.25, 0.3) is 0 Å². The van der Waals surface area contributed by atoms with Crippen molar-refractivity contribution in [2.24, 2.45) is 0 Å². The Morgan fingerprint density at radius 3 is 2.73 bits per heavy atom. The summed E-state index contributed by atoms with van der Waals surface area (Å²) in [5, 5.41) is 4.97. The first-order valence-corrected chi connectivity index (χ1v) is 6.30. The van der Waals surface area contributed by atoms with Crippen LogP contribution in [-0.2, 0) is 6.54 Å². The van der Waals surface area contributed by atoms with E-state index < -0.39 is 5.51 Å². The molecule has 0 fully saturated rings. The molecule has 1 heterocycles. The highest BCUT2D eigenvalue weighted by atomic mass is 32.2. The van der Waals surface area contributed by atoms with Crippen LogP contribution in [0.4, 0.5) is 13.2 Å². The first-order chi connectivity index (χ1) is 6.99. The van der Waals surface area contributed by atoms with Gasteiger partial charge in [0.05, 0.1) is 0 Å². The summed E-state index contributed by atoms with van der Waals surface area (Å²) in [5.74, 6) is 0.0634. The number of alkyl halides is 3. The molecule has 0 bridgehead atoms. The maximum atomic E-state index is 11.8. The zero-order valence-corrected chi connectivity index (χ0v) is 9.86. The van der Waals surface area contributed by atoms with E-state index in [0.29, 0.717) is 13.1 Å². The lowest BCUT2D eigenvalue weighted by Gasteiger charge is -2.06. The molecule has 1 N–H and O–H groups in total. The van der Waals surface area contributed by atoms with Crippen LogP contribution in [-0.4, -0.2) is 17.8 Å². The van der Waals surface area contributed by atoms with Crippen LogP contribution in [0, 0.1) is 6.92 Å². The summed E-state index contributed by atoms with van der Waals surface area (Å²) in [5.41, 5.74) is -2.92. The van der Waals surface area contributed by atoms with Crippen LogP contribution in [0.5, 0.6) is 0 Å². The maximum Gasteiger partial charge on any atom is 0.441 e. The average Bonchev–Trinajstić information content (AvgIpc) is 2.49. The van der Waals surface area contributed by atoms with Gasteiger partial charge in [-0.3, -0.25) is 0 Å². The topological polar surface area (TPSA) is 12.0 Å². The van der Waals surface area contributed by atoms with Crippen molar-refractivity contribution in [3.63, 3.8) is 0 Å². The molecule has 0 aliphatic rings. The summed E-state index contributed by atoms with van der Waals surface area (Å²) in [6.07, 6.45) is 0. The summed E-state index contributed by atoms with van der Waals surface area (Å²) < 4.78 is 35.3. The zero-order chi connectivity index (χ0) is 11.3. The van der Waals surface area contributed by atoms with E-state index in [4.69, 9.17) is 0 Å². The summed E-state index contributed by atoms with van der Waals surface area (Å²) in [6.45, 7) is 3.03. The monoisotopic (exact) mass is 255 g/mol. The Morgan fingerprint density at radius 2 is 2.20 bits per heavy atom. The van der Waals surface area contributed by atoms with Gasteiger partial charge in [0.2, 0.25) is 0 Å². The van der Waals surface area contributed by atoms with Crippen LogP contribution in [0.1, 0.15) is 10.4 Å². The molecule has 0 aliphatic carbocycles. The molecule has 0 unspecified atom stereocenters. The smallest absolute Gasteiger partial charge is 0.311 e. The Labute approximate surface area is 95.1 Å². The summed E-state index contributed by atoms with van der Waals surface area (Å²) >= 11 is 1.64. The highest BCUT2D eigenvalue weighted by Gasteiger charge is 2.27. The molecule has 86 valence electrons. The predicted octanol–water partition coefficient (Wildman–Crippen LogP) is 3.40. The van der Waals surface area contributed by atoms with E-state index in [9.17, 15) is 13.2 Å². The number of nitrogens with one attached hydrogen (secondary N) is 1. The minimum atomic E-state index is -4.11. The summed E-state index contributed by atoms with van der Waals surface area (Å²) in [4.78, 5) is 1.19. The molecule has 1 nitrogen and oxygen atoms in total. The molecule has 1 rings (SSSR count). The van der Waals surface area contributed by atoms with Crippen LogP contribution in [0.25, 0.3) is 0 Å². The molecule has 0 spiro atoms. The van der Waals surface area contributed by atoms with Gasteiger partial charge in [-0.2, -0.15) is 13.2 Å². The minimum absolute atomic E-state index is 0.0159. The number of thiophene rings is 1. The summed E-state index contributed by atoms with van der Waals surface area (Å²) in [6, 6.07) is 2.01. The molecule has 0 atom stereocenters. The lowest BCUT2D eigenvalue weighted by atomic mass is 10.3. The second-order valence-electron chi connectivity index (χ2n) is 3.00. The van der Waals surface area contributed by atoms with Crippen LogP contribution >= 0.6 is 23.1 Å². The standard InChI is InChI=1S/C9H12F3NS2/c1-7-2-4-14-8(7)6-13-3-5-15-9(10,11)12/h2,4,13H,3,5-6H2,1H3.